The van der Waals surface area contributed by atoms with Crippen LogP contribution in [0.3, 0.4) is 0 Å². The number of carboxylic acids is 1. The minimum absolute atomic E-state index is 0.108. The standard InChI is InChI=1S/C23H26N2O4/c1-5-28-14-29-21-11-10-17(12-18(21)23(2,3)4)20-13-19(24-25-20)15-6-8-16(9-7-15)22(26)27/h6-13H,5,14H2,1-4H3,(H,24,25)(H,26,27). The van der Waals surface area contributed by atoms with E-state index in [0.29, 0.717) is 6.61 Å². The first kappa shape index (κ1) is 20.6. The fourth-order valence-corrected chi connectivity index (χ4v) is 3.00. The summed E-state index contributed by atoms with van der Waals surface area (Å²) in [5, 5.41) is 16.5. The molecule has 0 bridgehead atoms. The Morgan fingerprint density at radius 1 is 1.07 bits per heavy atom. The van der Waals surface area contributed by atoms with Crippen molar-refractivity contribution >= 4 is 5.97 Å². The molecule has 6 nitrogen and oxygen atoms in total. The quantitative estimate of drug-likeness (QED) is 0.430. The molecule has 0 amide bonds. The third-order valence-electron chi connectivity index (χ3n) is 4.61. The van der Waals surface area contributed by atoms with Crippen molar-refractivity contribution in [1.29, 1.82) is 0 Å². The lowest BCUT2D eigenvalue weighted by molar-refractivity contribution is 0.0214. The van der Waals surface area contributed by atoms with Gasteiger partial charge in [0.15, 0.2) is 6.79 Å². The first-order chi connectivity index (χ1) is 13.8. The van der Waals surface area contributed by atoms with Gasteiger partial charge in [0.05, 0.1) is 17.0 Å². The van der Waals surface area contributed by atoms with Crippen LogP contribution in [0.4, 0.5) is 0 Å². The van der Waals surface area contributed by atoms with Crippen LogP contribution in [0.2, 0.25) is 0 Å². The lowest BCUT2D eigenvalue weighted by Gasteiger charge is -2.23. The fourth-order valence-electron chi connectivity index (χ4n) is 3.00. The number of ether oxygens (including phenoxy) is 2. The van der Waals surface area contributed by atoms with Gasteiger partial charge in [0.25, 0.3) is 0 Å². The van der Waals surface area contributed by atoms with E-state index in [1.54, 1.807) is 24.3 Å². The van der Waals surface area contributed by atoms with Crippen molar-refractivity contribution in [3.63, 3.8) is 0 Å². The maximum atomic E-state index is 11.0. The Morgan fingerprint density at radius 2 is 1.76 bits per heavy atom. The Labute approximate surface area is 170 Å². The van der Waals surface area contributed by atoms with Gasteiger partial charge in [-0.1, -0.05) is 32.9 Å². The maximum absolute atomic E-state index is 11.0. The average Bonchev–Trinajstić information content (AvgIpc) is 3.18. The molecule has 1 heterocycles. The SMILES string of the molecule is CCOCOc1ccc(-c2cc(-c3ccc(C(=O)O)cc3)[nH]n2)cc1C(C)(C)C. The number of aromatic nitrogens is 2. The Balaban J connectivity index is 1.90. The Hall–Kier alpha value is -3.12. The highest BCUT2D eigenvalue weighted by Gasteiger charge is 2.21. The molecule has 0 radical (unpaired) electrons. The predicted octanol–water partition coefficient (Wildman–Crippen LogP) is 5.11. The molecule has 152 valence electrons. The minimum Gasteiger partial charge on any atom is -0.478 e. The van der Waals surface area contributed by atoms with Gasteiger partial charge in [0, 0.05) is 17.7 Å². The number of carbonyl (C=O) groups is 1. The summed E-state index contributed by atoms with van der Waals surface area (Å²) in [6.07, 6.45) is 0. The maximum Gasteiger partial charge on any atom is 0.335 e. The zero-order chi connectivity index (χ0) is 21.0. The van der Waals surface area contributed by atoms with E-state index in [4.69, 9.17) is 14.6 Å². The molecular weight excluding hydrogens is 368 g/mol. The summed E-state index contributed by atoms with van der Waals surface area (Å²) < 4.78 is 11.1. The van der Waals surface area contributed by atoms with E-state index in [2.05, 4.69) is 37.0 Å². The number of aromatic carboxylic acids is 1. The number of hydrogen-bond donors (Lipinski definition) is 2. The van der Waals surface area contributed by atoms with Crippen LogP contribution in [0.1, 0.15) is 43.6 Å². The Morgan fingerprint density at radius 3 is 2.38 bits per heavy atom. The summed E-state index contributed by atoms with van der Waals surface area (Å²) in [4.78, 5) is 11.0. The molecule has 3 rings (SSSR count). The first-order valence-corrected chi connectivity index (χ1v) is 9.54. The molecule has 0 unspecified atom stereocenters. The van der Waals surface area contributed by atoms with Crippen molar-refractivity contribution in [3.05, 3.63) is 59.7 Å². The van der Waals surface area contributed by atoms with Crippen LogP contribution in [0.15, 0.2) is 48.5 Å². The normalized spacial score (nSPS) is 11.4. The molecule has 3 aromatic rings. The van der Waals surface area contributed by atoms with Crippen molar-refractivity contribution in [2.75, 3.05) is 13.4 Å². The van der Waals surface area contributed by atoms with E-state index in [-0.39, 0.29) is 17.8 Å². The molecule has 0 aliphatic carbocycles. The number of nitrogens with one attached hydrogen (secondary N) is 1. The van der Waals surface area contributed by atoms with E-state index >= 15 is 0 Å². The van der Waals surface area contributed by atoms with E-state index in [0.717, 1.165) is 33.8 Å². The molecule has 2 aromatic carbocycles. The topological polar surface area (TPSA) is 84.4 Å². The summed E-state index contributed by atoms with van der Waals surface area (Å²) in [5.41, 5.74) is 4.71. The molecule has 0 spiro atoms. The molecule has 6 heteroatoms. The number of rotatable bonds is 7. The van der Waals surface area contributed by atoms with E-state index in [1.807, 2.05) is 25.1 Å². The van der Waals surface area contributed by atoms with Gasteiger partial charge in [-0.25, -0.2) is 4.79 Å². The van der Waals surface area contributed by atoms with Crippen LogP contribution >= 0.6 is 0 Å². The fraction of sp³-hybridized carbons (Fsp3) is 0.304. The van der Waals surface area contributed by atoms with Gasteiger partial charge in [-0.2, -0.15) is 5.10 Å². The molecule has 29 heavy (non-hydrogen) atoms. The first-order valence-electron chi connectivity index (χ1n) is 9.54. The number of hydrogen-bond acceptors (Lipinski definition) is 4. The summed E-state index contributed by atoms with van der Waals surface area (Å²) in [7, 11) is 0. The van der Waals surface area contributed by atoms with Crippen LogP contribution in [-0.2, 0) is 10.2 Å². The number of nitrogens with zero attached hydrogens (tertiary/aromatic N) is 1. The highest BCUT2D eigenvalue weighted by atomic mass is 16.7. The van der Waals surface area contributed by atoms with Crippen LogP contribution in [0.25, 0.3) is 22.5 Å². The van der Waals surface area contributed by atoms with Crippen molar-refractivity contribution in [3.8, 4) is 28.3 Å². The van der Waals surface area contributed by atoms with E-state index in [9.17, 15) is 4.79 Å². The van der Waals surface area contributed by atoms with Gasteiger partial charge in [-0.15, -0.1) is 0 Å². The van der Waals surface area contributed by atoms with Crippen molar-refractivity contribution in [2.45, 2.75) is 33.1 Å². The zero-order valence-electron chi connectivity index (χ0n) is 17.2. The molecule has 0 atom stereocenters. The second-order valence-corrected chi connectivity index (χ2v) is 7.77. The highest BCUT2D eigenvalue weighted by Crippen LogP contribution is 2.35. The van der Waals surface area contributed by atoms with Crippen molar-refractivity contribution < 1.29 is 19.4 Å². The third kappa shape index (κ3) is 4.84. The minimum atomic E-state index is -0.941. The zero-order valence-corrected chi connectivity index (χ0v) is 17.2. The third-order valence-corrected chi connectivity index (χ3v) is 4.61. The van der Waals surface area contributed by atoms with Gasteiger partial charge in [0.2, 0.25) is 0 Å². The summed E-state index contributed by atoms with van der Waals surface area (Å²) in [5.74, 6) is -0.141. The van der Waals surface area contributed by atoms with Crippen molar-refractivity contribution in [1.82, 2.24) is 10.2 Å². The summed E-state index contributed by atoms with van der Waals surface area (Å²) >= 11 is 0. The van der Waals surface area contributed by atoms with E-state index in [1.165, 1.54) is 0 Å². The molecule has 0 saturated carbocycles. The molecule has 0 aliphatic rings. The van der Waals surface area contributed by atoms with Crippen molar-refractivity contribution in [2.24, 2.45) is 0 Å². The molecular formula is C23H26N2O4. The smallest absolute Gasteiger partial charge is 0.335 e. The average molecular weight is 394 g/mol. The summed E-state index contributed by atoms with van der Waals surface area (Å²) in [6.45, 7) is 9.17. The number of benzene rings is 2. The second kappa shape index (κ2) is 8.49. The Bertz CT molecular complexity index is 985. The van der Waals surface area contributed by atoms with Crippen LogP contribution in [0.5, 0.6) is 5.75 Å². The lowest BCUT2D eigenvalue weighted by atomic mass is 9.85. The largest absolute Gasteiger partial charge is 0.478 e. The van der Waals surface area contributed by atoms with Gasteiger partial charge < -0.3 is 14.6 Å². The summed E-state index contributed by atoms with van der Waals surface area (Å²) in [6, 6.07) is 14.7. The van der Waals surface area contributed by atoms with Crippen LogP contribution < -0.4 is 4.74 Å². The van der Waals surface area contributed by atoms with Gasteiger partial charge >= 0.3 is 5.97 Å². The van der Waals surface area contributed by atoms with E-state index < -0.39 is 5.97 Å². The number of aromatic amines is 1. The molecule has 2 N–H and O–H groups in total. The van der Waals surface area contributed by atoms with Gasteiger partial charge in [0.1, 0.15) is 5.75 Å². The molecule has 0 fully saturated rings. The molecule has 0 saturated heterocycles. The number of H-pyrrole nitrogens is 1. The Kier molecular flexibility index (Phi) is 6.03. The lowest BCUT2D eigenvalue weighted by Crippen LogP contribution is -2.14. The van der Waals surface area contributed by atoms with Crippen LogP contribution in [0, 0.1) is 0 Å². The van der Waals surface area contributed by atoms with Gasteiger partial charge in [-0.05, 0) is 54.3 Å². The molecule has 0 aliphatic heterocycles. The van der Waals surface area contributed by atoms with Gasteiger partial charge in [-0.3, -0.25) is 5.10 Å². The molecule has 1 aromatic heterocycles. The highest BCUT2D eigenvalue weighted by molar-refractivity contribution is 5.88. The number of carboxylic acid groups (broad SMARTS) is 1. The predicted molar refractivity (Wildman–Crippen MR) is 112 cm³/mol. The monoisotopic (exact) mass is 394 g/mol. The van der Waals surface area contributed by atoms with Crippen LogP contribution in [-0.4, -0.2) is 34.7 Å². The second-order valence-electron chi connectivity index (χ2n) is 7.77.